The Hall–Kier alpha value is -4.42. The quantitative estimate of drug-likeness (QED) is 0.546. The zero-order chi connectivity index (χ0) is 26.0. The molecule has 2 aromatic carbocycles. The Balaban J connectivity index is 1.58. The molecule has 1 aliphatic heterocycles. The third kappa shape index (κ3) is 5.29. The largest absolute Gasteiger partial charge is 0.489 e. The number of nitrogens with zero attached hydrogens (tertiary/aromatic N) is 3. The maximum atomic E-state index is 13.2. The number of likely N-dealkylation sites (N-methyl/N-ethyl adjacent to an activating group) is 1. The first-order valence-corrected chi connectivity index (χ1v) is 11.3. The second-order valence-corrected chi connectivity index (χ2v) is 8.97. The van der Waals surface area contributed by atoms with Gasteiger partial charge in [0.15, 0.2) is 5.69 Å². The molecular formula is C27H26N4O5. The van der Waals surface area contributed by atoms with Gasteiger partial charge < -0.3 is 20.1 Å². The van der Waals surface area contributed by atoms with Gasteiger partial charge in [0.05, 0.1) is 11.4 Å². The van der Waals surface area contributed by atoms with Gasteiger partial charge in [-0.15, -0.1) is 0 Å². The van der Waals surface area contributed by atoms with Crippen molar-refractivity contribution in [2.45, 2.75) is 32.4 Å². The summed E-state index contributed by atoms with van der Waals surface area (Å²) in [6, 6.07) is 14.5. The lowest BCUT2D eigenvalue weighted by molar-refractivity contribution is -0.120. The Morgan fingerprint density at radius 2 is 1.89 bits per heavy atom. The van der Waals surface area contributed by atoms with Gasteiger partial charge in [-0.1, -0.05) is 30.0 Å². The molecule has 0 spiro atoms. The van der Waals surface area contributed by atoms with E-state index >= 15 is 0 Å². The minimum absolute atomic E-state index is 0.130. The number of aromatic nitrogens is 2. The summed E-state index contributed by atoms with van der Waals surface area (Å²) in [6.07, 6.45) is 0. The van der Waals surface area contributed by atoms with E-state index in [0.29, 0.717) is 28.4 Å². The van der Waals surface area contributed by atoms with Crippen LogP contribution in [0.1, 0.15) is 35.6 Å². The Labute approximate surface area is 208 Å². The highest BCUT2D eigenvalue weighted by molar-refractivity contribution is 6.02. The summed E-state index contributed by atoms with van der Waals surface area (Å²) in [5.74, 6) is 4.85. The standard InChI is InChI=1S/C27H26N4O5/c1-17-14-22(32)24(29-31(17)19-8-6-5-7-9-19)25(33)28-20-16-36-23-11-10-18(12-13-27(2,3)35)15-21(23)30(4)26(20)34/h5-11,14-15,20,35H,16H2,1-4H3,(H,28,33)/t20-/m0/s1. The molecule has 0 saturated carbocycles. The summed E-state index contributed by atoms with van der Waals surface area (Å²) in [5, 5.41) is 16.7. The summed E-state index contributed by atoms with van der Waals surface area (Å²) in [7, 11) is 1.56. The Morgan fingerprint density at radius 3 is 2.58 bits per heavy atom. The number of anilines is 1. The molecule has 9 nitrogen and oxygen atoms in total. The van der Waals surface area contributed by atoms with Crippen LogP contribution in [0.2, 0.25) is 0 Å². The molecule has 2 heterocycles. The fraction of sp³-hybridized carbons (Fsp3) is 0.259. The van der Waals surface area contributed by atoms with E-state index in [2.05, 4.69) is 22.3 Å². The molecule has 184 valence electrons. The van der Waals surface area contributed by atoms with E-state index < -0.39 is 28.9 Å². The first-order chi connectivity index (χ1) is 17.0. The molecule has 4 rings (SSSR count). The zero-order valence-corrected chi connectivity index (χ0v) is 20.4. The number of carbonyl (C=O) groups excluding carboxylic acids is 2. The van der Waals surface area contributed by atoms with Crippen molar-refractivity contribution in [1.82, 2.24) is 15.1 Å². The summed E-state index contributed by atoms with van der Waals surface area (Å²) in [5.41, 5.74) is 0.276. The molecule has 0 fully saturated rings. The van der Waals surface area contributed by atoms with Crippen molar-refractivity contribution in [2.75, 3.05) is 18.6 Å². The van der Waals surface area contributed by atoms with Crippen molar-refractivity contribution in [2.24, 2.45) is 0 Å². The lowest BCUT2D eigenvalue weighted by Gasteiger charge is -2.20. The fourth-order valence-electron chi connectivity index (χ4n) is 3.67. The zero-order valence-electron chi connectivity index (χ0n) is 20.4. The van der Waals surface area contributed by atoms with E-state index in [1.807, 2.05) is 18.2 Å². The maximum absolute atomic E-state index is 13.2. The molecule has 3 aromatic rings. The van der Waals surface area contributed by atoms with Crippen LogP contribution < -0.4 is 20.4 Å². The predicted octanol–water partition coefficient (Wildman–Crippen LogP) is 1.82. The van der Waals surface area contributed by atoms with Gasteiger partial charge in [0.25, 0.3) is 11.8 Å². The lowest BCUT2D eigenvalue weighted by atomic mass is 10.1. The lowest BCUT2D eigenvalue weighted by Crippen LogP contribution is -2.50. The molecule has 0 saturated heterocycles. The van der Waals surface area contributed by atoms with Crippen LogP contribution >= 0.6 is 0 Å². The molecule has 0 bridgehead atoms. The van der Waals surface area contributed by atoms with Crippen LogP contribution in [0.3, 0.4) is 0 Å². The number of aryl methyl sites for hydroxylation is 1. The number of benzene rings is 2. The average Bonchev–Trinajstić information content (AvgIpc) is 2.95. The molecule has 1 atom stereocenters. The van der Waals surface area contributed by atoms with Crippen molar-refractivity contribution in [1.29, 1.82) is 0 Å². The molecule has 0 aliphatic carbocycles. The van der Waals surface area contributed by atoms with Crippen molar-refractivity contribution < 1.29 is 19.4 Å². The highest BCUT2D eigenvalue weighted by Crippen LogP contribution is 2.31. The van der Waals surface area contributed by atoms with Crippen LogP contribution in [-0.2, 0) is 4.79 Å². The molecule has 0 radical (unpaired) electrons. The topological polar surface area (TPSA) is 114 Å². The number of carbonyl (C=O) groups is 2. The van der Waals surface area contributed by atoms with Gasteiger partial charge in [-0.25, -0.2) is 4.68 Å². The van der Waals surface area contributed by atoms with Gasteiger partial charge in [0.2, 0.25) is 5.43 Å². The average molecular weight is 487 g/mol. The van der Waals surface area contributed by atoms with Crippen molar-refractivity contribution >= 4 is 17.5 Å². The van der Waals surface area contributed by atoms with Gasteiger partial charge in [0.1, 0.15) is 24.0 Å². The van der Waals surface area contributed by atoms with Gasteiger partial charge in [0, 0.05) is 24.4 Å². The number of amides is 2. The molecular weight excluding hydrogens is 460 g/mol. The van der Waals surface area contributed by atoms with Crippen LogP contribution in [0.15, 0.2) is 59.4 Å². The van der Waals surface area contributed by atoms with E-state index in [-0.39, 0.29) is 12.3 Å². The van der Waals surface area contributed by atoms with Crippen LogP contribution in [0, 0.1) is 18.8 Å². The highest BCUT2D eigenvalue weighted by atomic mass is 16.5. The monoisotopic (exact) mass is 486 g/mol. The number of para-hydroxylation sites is 1. The molecule has 2 amide bonds. The van der Waals surface area contributed by atoms with Crippen molar-refractivity contribution in [3.05, 3.63) is 81.8 Å². The SMILES string of the molecule is Cc1cc(=O)c(C(=O)N[C@H]2COc3ccc(C#CC(C)(C)O)cc3N(C)C2=O)nn1-c1ccccc1. The number of hydrogen-bond donors (Lipinski definition) is 2. The Morgan fingerprint density at radius 1 is 1.17 bits per heavy atom. The number of fused-ring (bicyclic) bond motifs is 1. The summed E-state index contributed by atoms with van der Waals surface area (Å²) < 4.78 is 7.30. The molecule has 1 aromatic heterocycles. The molecule has 2 N–H and O–H groups in total. The van der Waals surface area contributed by atoms with E-state index in [0.717, 1.165) is 0 Å². The minimum atomic E-state index is -1.16. The normalized spacial score (nSPS) is 15.2. The van der Waals surface area contributed by atoms with Gasteiger partial charge in [-0.2, -0.15) is 5.10 Å². The smallest absolute Gasteiger partial charge is 0.276 e. The Bertz CT molecular complexity index is 1440. The highest BCUT2D eigenvalue weighted by Gasteiger charge is 2.32. The van der Waals surface area contributed by atoms with Gasteiger partial charge >= 0.3 is 0 Å². The minimum Gasteiger partial charge on any atom is -0.489 e. The number of hydrogen-bond acceptors (Lipinski definition) is 6. The second kappa shape index (κ2) is 9.68. The maximum Gasteiger partial charge on any atom is 0.276 e. The fourth-order valence-corrected chi connectivity index (χ4v) is 3.67. The van der Waals surface area contributed by atoms with Crippen molar-refractivity contribution in [3.63, 3.8) is 0 Å². The second-order valence-electron chi connectivity index (χ2n) is 8.97. The van der Waals surface area contributed by atoms with Crippen LogP contribution in [0.25, 0.3) is 5.69 Å². The number of rotatable bonds is 3. The van der Waals surface area contributed by atoms with E-state index in [9.17, 15) is 19.5 Å². The van der Waals surface area contributed by atoms with Gasteiger partial charge in [-0.3, -0.25) is 14.4 Å². The molecule has 1 aliphatic rings. The van der Waals surface area contributed by atoms with E-state index in [4.69, 9.17) is 4.74 Å². The van der Waals surface area contributed by atoms with Crippen molar-refractivity contribution in [3.8, 4) is 23.3 Å². The Kier molecular flexibility index (Phi) is 6.64. The number of aliphatic hydroxyl groups is 1. The molecule has 0 unspecified atom stereocenters. The molecule has 9 heteroatoms. The van der Waals surface area contributed by atoms with E-state index in [1.165, 1.54) is 15.6 Å². The van der Waals surface area contributed by atoms with E-state index in [1.54, 1.807) is 58.2 Å². The first-order valence-electron chi connectivity index (χ1n) is 11.3. The van der Waals surface area contributed by atoms with Crippen LogP contribution in [-0.4, -0.2) is 52.0 Å². The predicted molar refractivity (Wildman–Crippen MR) is 134 cm³/mol. The summed E-state index contributed by atoms with van der Waals surface area (Å²) >= 11 is 0. The third-order valence-electron chi connectivity index (χ3n) is 5.50. The number of ether oxygens (including phenoxy) is 1. The molecule has 36 heavy (non-hydrogen) atoms. The van der Waals surface area contributed by atoms with Crippen LogP contribution in [0.4, 0.5) is 5.69 Å². The third-order valence-corrected chi connectivity index (χ3v) is 5.50. The summed E-state index contributed by atoms with van der Waals surface area (Å²) in [6.45, 7) is 4.74. The number of nitrogens with one attached hydrogen (secondary N) is 1. The summed E-state index contributed by atoms with van der Waals surface area (Å²) in [4.78, 5) is 40.2. The first kappa shape index (κ1) is 24.7. The van der Waals surface area contributed by atoms with Gasteiger partial charge in [-0.05, 0) is 51.1 Å². The van der Waals surface area contributed by atoms with Crippen LogP contribution in [0.5, 0.6) is 5.75 Å².